The van der Waals surface area contributed by atoms with Crippen molar-refractivity contribution in [3.05, 3.63) is 92.0 Å². The number of carbonyl (C=O) groups excluding carboxylic acids is 1. The van der Waals surface area contributed by atoms with Gasteiger partial charge in [0.2, 0.25) is 5.69 Å². The topological polar surface area (TPSA) is 86.0 Å². The van der Waals surface area contributed by atoms with E-state index in [9.17, 15) is 18.8 Å². The van der Waals surface area contributed by atoms with E-state index in [2.05, 4.69) is 10.4 Å². The Kier molecular flexibility index (Phi) is 5.31. The summed E-state index contributed by atoms with van der Waals surface area (Å²) in [5, 5.41) is 6.77. The molecule has 1 aliphatic rings. The molecule has 1 N–H and O–H groups in total. The lowest BCUT2D eigenvalue weighted by Gasteiger charge is -2.13. The van der Waals surface area contributed by atoms with Crippen LogP contribution in [0.15, 0.2) is 58.1 Å². The molecular formula is C22H21FN4O3. The van der Waals surface area contributed by atoms with Crippen molar-refractivity contribution in [2.24, 2.45) is 5.92 Å². The Morgan fingerprint density at radius 3 is 2.50 bits per heavy atom. The molecule has 0 radical (unpaired) electrons. The van der Waals surface area contributed by atoms with Crippen LogP contribution in [0.5, 0.6) is 0 Å². The van der Waals surface area contributed by atoms with Crippen molar-refractivity contribution < 1.29 is 9.18 Å². The van der Waals surface area contributed by atoms with Crippen LogP contribution in [0.3, 0.4) is 0 Å². The predicted octanol–water partition coefficient (Wildman–Crippen LogP) is 2.03. The van der Waals surface area contributed by atoms with Gasteiger partial charge in [-0.25, -0.2) is 9.18 Å². The van der Waals surface area contributed by atoms with Gasteiger partial charge in [0.05, 0.1) is 12.2 Å². The highest BCUT2D eigenvalue weighted by atomic mass is 19.1. The van der Waals surface area contributed by atoms with Crippen molar-refractivity contribution in [2.45, 2.75) is 26.3 Å². The van der Waals surface area contributed by atoms with Crippen LogP contribution in [0.4, 0.5) is 4.39 Å². The second kappa shape index (κ2) is 8.06. The lowest BCUT2D eigenvalue weighted by Crippen LogP contribution is -2.46. The van der Waals surface area contributed by atoms with Crippen LogP contribution in [-0.4, -0.2) is 26.8 Å². The number of hydrogen-bond donors (Lipinski definition) is 1. The molecule has 0 atom stereocenters. The molecule has 0 unspecified atom stereocenters. The molecule has 1 aliphatic carbocycles. The van der Waals surface area contributed by atoms with Crippen molar-refractivity contribution in [1.29, 1.82) is 0 Å². The van der Waals surface area contributed by atoms with Gasteiger partial charge in [-0.05, 0) is 43.9 Å². The third kappa shape index (κ3) is 4.07. The molecule has 0 bridgehead atoms. The maximum Gasteiger partial charge on any atom is 0.352 e. The Balaban J connectivity index is 1.83. The Bertz CT molecular complexity index is 1210. The van der Waals surface area contributed by atoms with Crippen LogP contribution in [0.1, 0.15) is 34.5 Å². The van der Waals surface area contributed by atoms with Gasteiger partial charge in [0, 0.05) is 12.1 Å². The van der Waals surface area contributed by atoms with Gasteiger partial charge in [-0.1, -0.05) is 35.9 Å². The Morgan fingerprint density at radius 2 is 1.83 bits per heavy atom. The molecule has 154 valence electrons. The molecular weight excluding hydrogens is 387 g/mol. The van der Waals surface area contributed by atoms with Crippen molar-refractivity contribution in [3.8, 4) is 5.69 Å². The molecule has 30 heavy (non-hydrogen) atoms. The normalized spacial score (nSPS) is 13.3. The molecule has 0 saturated heterocycles. The molecule has 2 aromatic carbocycles. The number of hydrogen-bond acceptors (Lipinski definition) is 4. The first-order valence-corrected chi connectivity index (χ1v) is 9.77. The van der Waals surface area contributed by atoms with Crippen molar-refractivity contribution in [1.82, 2.24) is 19.7 Å². The van der Waals surface area contributed by atoms with E-state index in [4.69, 9.17) is 0 Å². The SMILES string of the molecule is Cc1ccc(-n2nc(C(=O)NCC3CC3)c(=O)n(Cc3ccccc3F)c2=O)cc1. The summed E-state index contributed by atoms with van der Waals surface area (Å²) in [5.74, 6) is -0.769. The fraction of sp³-hybridized carbons (Fsp3) is 0.273. The van der Waals surface area contributed by atoms with Crippen LogP contribution >= 0.6 is 0 Å². The highest BCUT2D eigenvalue weighted by Gasteiger charge is 2.25. The van der Waals surface area contributed by atoms with Crippen molar-refractivity contribution in [2.75, 3.05) is 6.54 Å². The molecule has 0 aliphatic heterocycles. The molecule has 1 aromatic heterocycles. The minimum atomic E-state index is -0.847. The van der Waals surface area contributed by atoms with Gasteiger partial charge >= 0.3 is 5.69 Å². The molecule has 7 nitrogen and oxygen atoms in total. The molecule has 0 spiro atoms. The quantitative estimate of drug-likeness (QED) is 0.676. The first kappa shape index (κ1) is 19.8. The number of nitrogens with zero attached hydrogens (tertiary/aromatic N) is 3. The van der Waals surface area contributed by atoms with E-state index in [1.54, 1.807) is 30.3 Å². The number of rotatable bonds is 6. The Morgan fingerprint density at radius 1 is 1.13 bits per heavy atom. The predicted molar refractivity (Wildman–Crippen MR) is 109 cm³/mol. The summed E-state index contributed by atoms with van der Waals surface area (Å²) in [4.78, 5) is 38.6. The molecule has 1 fully saturated rings. The maximum atomic E-state index is 14.2. The fourth-order valence-corrected chi connectivity index (χ4v) is 3.09. The number of aromatic nitrogens is 3. The standard InChI is InChI=1S/C22H21FN4O3/c1-14-6-10-17(11-7-14)27-22(30)26(13-16-4-2-3-5-18(16)23)21(29)19(25-27)20(28)24-12-15-8-9-15/h2-7,10-11,15H,8-9,12-13H2,1H3,(H,24,28). The average Bonchev–Trinajstić information content (AvgIpc) is 3.56. The summed E-state index contributed by atoms with van der Waals surface area (Å²) in [6.07, 6.45) is 2.07. The summed E-state index contributed by atoms with van der Waals surface area (Å²) in [7, 11) is 0. The number of aryl methyl sites for hydroxylation is 1. The third-order valence-electron chi connectivity index (χ3n) is 5.09. The molecule has 3 aromatic rings. The summed E-state index contributed by atoms with van der Waals surface area (Å²) in [6.45, 7) is 2.05. The van der Waals surface area contributed by atoms with E-state index in [-0.39, 0.29) is 12.1 Å². The van der Waals surface area contributed by atoms with Crippen LogP contribution in [-0.2, 0) is 6.54 Å². The summed E-state index contributed by atoms with van der Waals surface area (Å²) in [5.41, 5.74) is -0.432. The minimum absolute atomic E-state index is 0.169. The molecule has 4 rings (SSSR count). The van der Waals surface area contributed by atoms with Crippen LogP contribution < -0.4 is 16.6 Å². The summed E-state index contributed by atoms with van der Waals surface area (Å²) in [6, 6.07) is 12.8. The van der Waals surface area contributed by atoms with Gasteiger partial charge in [0.25, 0.3) is 11.5 Å². The van der Waals surface area contributed by atoms with Crippen molar-refractivity contribution in [3.63, 3.8) is 0 Å². The Hall–Kier alpha value is -3.55. The van der Waals surface area contributed by atoms with Crippen LogP contribution in [0.25, 0.3) is 5.69 Å². The highest BCUT2D eigenvalue weighted by molar-refractivity contribution is 5.91. The Labute approximate surface area is 171 Å². The van der Waals surface area contributed by atoms with E-state index < -0.39 is 28.7 Å². The lowest BCUT2D eigenvalue weighted by molar-refractivity contribution is 0.0942. The van der Waals surface area contributed by atoms with Gasteiger partial charge in [-0.15, -0.1) is 0 Å². The van der Waals surface area contributed by atoms with Gasteiger partial charge in [0.15, 0.2) is 0 Å². The highest BCUT2D eigenvalue weighted by Crippen LogP contribution is 2.27. The second-order valence-corrected chi connectivity index (χ2v) is 7.51. The van der Waals surface area contributed by atoms with E-state index in [0.29, 0.717) is 18.2 Å². The van der Waals surface area contributed by atoms with Crippen LogP contribution in [0.2, 0.25) is 0 Å². The average molecular weight is 408 g/mol. The zero-order valence-electron chi connectivity index (χ0n) is 16.5. The smallest absolute Gasteiger partial charge is 0.350 e. The molecule has 1 amide bonds. The molecule has 8 heteroatoms. The van der Waals surface area contributed by atoms with Gasteiger partial charge < -0.3 is 5.32 Å². The van der Waals surface area contributed by atoms with E-state index >= 15 is 0 Å². The second-order valence-electron chi connectivity index (χ2n) is 7.51. The van der Waals surface area contributed by atoms with E-state index in [1.807, 2.05) is 6.92 Å². The van der Waals surface area contributed by atoms with E-state index in [0.717, 1.165) is 27.7 Å². The third-order valence-corrected chi connectivity index (χ3v) is 5.09. The maximum absolute atomic E-state index is 14.2. The zero-order valence-corrected chi connectivity index (χ0v) is 16.5. The molecule has 1 saturated carbocycles. The lowest BCUT2D eigenvalue weighted by atomic mass is 10.2. The molecule has 1 heterocycles. The van der Waals surface area contributed by atoms with Gasteiger partial charge in [-0.3, -0.25) is 14.2 Å². The number of nitrogens with one attached hydrogen (secondary N) is 1. The van der Waals surface area contributed by atoms with Gasteiger partial charge in [0.1, 0.15) is 5.82 Å². The number of halogens is 1. The first-order valence-electron chi connectivity index (χ1n) is 9.77. The first-order chi connectivity index (χ1) is 14.4. The zero-order chi connectivity index (χ0) is 21.3. The van der Waals surface area contributed by atoms with Crippen molar-refractivity contribution >= 4 is 5.91 Å². The number of carbonyl (C=O) groups is 1. The number of amides is 1. The summed E-state index contributed by atoms with van der Waals surface area (Å²) < 4.78 is 16.0. The van der Waals surface area contributed by atoms with Gasteiger partial charge in [-0.2, -0.15) is 9.78 Å². The number of benzene rings is 2. The fourth-order valence-electron chi connectivity index (χ4n) is 3.09. The van der Waals surface area contributed by atoms with E-state index in [1.165, 1.54) is 18.2 Å². The monoisotopic (exact) mass is 408 g/mol. The minimum Gasteiger partial charge on any atom is -0.350 e. The largest absolute Gasteiger partial charge is 0.352 e. The van der Waals surface area contributed by atoms with Crippen LogP contribution in [0, 0.1) is 18.7 Å². The summed E-state index contributed by atoms with van der Waals surface area (Å²) >= 11 is 0.